The summed E-state index contributed by atoms with van der Waals surface area (Å²) in [6, 6.07) is 0. The molecule has 102 valence electrons. The Morgan fingerprint density at radius 3 is 2.56 bits per heavy atom. The van der Waals surface area contributed by atoms with Gasteiger partial charge in [-0.3, -0.25) is 4.79 Å². The Bertz CT molecular complexity index is 355. The molecule has 1 aliphatic rings. The first kappa shape index (κ1) is 15.1. The first-order chi connectivity index (χ1) is 8.32. The maximum Gasteiger partial charge on any atom is 0.159 e. The lowest BCUT2D eigenvalue weighted by Gasteiger charge is -2.31. The molecule has 0 radical (unpaired) electrons. The highest BCUT2D eigenvalue weighted by atomic mass is 16.3. The third-order valence-electron chi connectivity index (χ3n) is 3.72. The van der Waals surface area contributed by atoms with E-state index in [1.54, 1.807) is 6.08 Å². The van der Waals surface area contributed by atoms with E-state index in [4.69, 9.17) is 0 Å². The summed E-state index contributed by atoms with van der Waals surface area (Å²) in [4.78, 5) is 11.7. The zero-order valence-corrected chi connectivity index (χ0v) is 11.5. The lowest BCUT2D eigenvalue weighted by Crippen LogP contribution is -2.38. The molecule has 0 amide bonds. The van der Waals surface area contributed by atoms with Crippen LogP contribution in [0.4, 0.5) is 0 Å². The van der Waals surface area contributed by atoms with Crippen LogP contribution in [0.2, 0.25) is 0 Å². The van der Waals surface area contributed by atoms with E-state index in [2.05, 4.69) is 6.58 Å². The van der Waals surface area contributed by atoms with Crippen LogP contribution in [-0.2, 0) is 4.79 Å². The number of carbonyl (C=O) groups excluding carboxylic acids is 1. The highest BCUT2D eigenvalue weighted by molar-refractivity contribution is 5.92. The van der Waals surface area contributed by atoms with Gasteiger partial charge in [0.1, 0.15) is 6.10 Å². The lowest BCUT2D eigenvalue weighted by atomic mass is 9.80. The smallest absolute Gasteiger partial charge is 0.159 e. The summed E-state index contributed by atoms with van der Waals surface area (Å²) < 4.78 is 0. The van der Waals surface area contributed by atoms with Crippen LogP contribution < -0.4 is 0 Å². The van der Waals surface area contributed by atoms with Crippen molar-refractivity contribution >= 4 is 5.78 Å². The summed E-state index contributed by atoms with van der Waals surface area (Å²) >= 11 is 0. The number of allylic oxidation sites excluding steroid dienone is 2. The number of aliphatic hydroxyl groups excluding tert-OH is 2. The topological polar surface area (TPSA) is 57.5 Å². The number of carbonyl (C=O) groups is 1. The number of rotatable bonds is 1. The van der Waals surface area contributed by atoms with Crippen LogP contribution in [0.25, 0.3) is 0 Å². The van der Waals surface area contributed by atoms with Crippen LogP contribution in [0.1, 0.15) is 40.0 Å². The van der Waals surface area contributed by atoms with E-state index in [1.165, 1.54) is 0 Å². The molecule has 0 saturated carbocycles. The molecule has 0 fully saturated rings. The predicted octanol–water partition coefficient (Wildman–Crippen LogP) is 2.24. The van der Waals surface area contributed by atoms with Crippen molar-refractivity contribution in [1.29, 1.82) is 0 Å². The molecule has 0 aromatic heterocycles. The molecule has 3 atom stereocenters. The molecule has 3 nitrogen and oxygen atoms in total. The van der Waals surface area contributed by atoms with Crippen LogP contribution in [0.15, 0.2) is 23.8 Å². The quantitative estimate of drug-likeness (QED) is 0.704. The fourth-order valence-electron chi connectivity index (χ4n) is 2.49. The summed E-state index contributed by atoms with van der Waals surface area (Å²) in [5, 5.41) is 20.3. The molecule has 2 N–H and O–H groups in total. The summed E-state index contributed by atoms with van der Waals surface area (Å²) in [6.07, 6.45) is 1.46. The third kappa shape index (κ3) is 3.79. The van der Waals surface area contributed by atoms with Gasteiger partial charge in [0, 0.05) is 6.42 Å². The minimum atomic E-state index is -1.01. The van der Waals surface area contributed by atoms with E-state index in [0.29, 0.717) is 5.57 Å². The van der Waals surface area contributed by atoms with Crippen molar-refractivity contribution < 1.29 is 15.0 Å². The number of ketones is 1. The molecule has 0 bridgehead atoms. The first-order valence-corrected chi connectivity index (χ1v) is 6.56. The average Bonchev–Trinajstić information content (AvgIpc) is 2.25. The molecule has 0 aliphatic heterocycles. The molecule has 0 aromatic rings. The van der Waals surface area contributed by atoms with Crippen LogP contribution in [0.3, 0.4) is 0 Å². The van der Waals surface area contributed by atoms with Gasteiger partial charge in [-0.25, -0.2) is 0 Å². The maximum absolute atomic E-state index is 11.7. The second-order valence-corrected chi connectivity index (χ2v) is 5.67. The van der Waals surface area contributed by atoms with Gasteiger partial charge < -0.3 is 10.2 Å². The minimum Gasteiger partial charge on any atom is -0.390 e. The molecule has 0 aromatic carbocycles. The molecular weight excluding hydrogens is 228 g/mol. The maximum atomic E-state index is 11.7. The van der Waals surface area contributed by atoms with Crippen LogP contribution in [-0.4, -0.2) is 28.2 Å². The summed E-state index contributed by atoms with van der Waals surface area (Å²) in [7, 11) is 0. The fourth-order valence-corrected chi connectivity index (χ4v) is 2.49. The minimum absolute atomic E-state index is 0.0216. The molecule has 0 spiro atoms. The molecule has 0 unspecified atom stereocenters. The standard InChI is InChI=1S/C15H24O3/c1-9(2)13-6-5-10(3)7-12(16)8-11(4)14(17)15(13)18/h7,9,13-15,17-18H,4-6,8H2,1-3H3/b10-7+/t13-,14-,15+/m0/s1. The molecular formula is C15H24O3. The zero-order chi connectivity index (χ0) is 13.9. The van der Waals surface area contributed by atoms with Gasteiger partial charge in [0.15, 0.2) is 5.78 Å². The fraction of sp³-hybridized carbons (Fsp3) is 0.667. The van der Waals surface area contributed by atoms with Crippen molar-refractivity contribution in [3.05, 3.63) is 23.8 Å². The molecule has 1 rings (SSSR count). The largest absolute Gasteiger partial charge is 0.390 e. The van der Waals surface area contributed by atoms with Gasteiger partial charge in [0.05, 0.1) is 6.10 Å². The van der Waals surface area contributed by atoms with Gasteiger partial charge in [-0.2, -0.15) is 0 Å². The Morgan fingerprint density at radius 2 is 2.00 bits per heavy atom. The summed E-state index contributed by atoms with van der Waals surface area (Å²) in [6.45, 7) is 9.74. The first-order valence-electron chi connectivity index (χ1n) is 6.56. The van der Waals surface area contributed by atoms with Crippen molar-refractivity contribution in [3.8, 4) is 0 Å². The molecule has 18 heavy (non-hydrogen) atoms. The van der Waals surface area contributed by atoms with Crippen molar-refractivity contribution in [1.82, 2.24) is 0 Å². The van der Waals surface area contributed by atoms with Gasteiger partial charge in [0.2, 0.25) is 0 Å². The monoisotopic (exact) mass is 252 g/mol. The molecule has 1 aliphatic carbocycles. The Hall–Kier alpha value is -0.930. The van der Waals surface area contributed by atoms with Crippen LogP contribution >= 0.6 is 0 Å². The lowest BCUT2D eigenvalue weighted by molar-refractivity contribution is -0.114. The van der Waals surface area contributed by atoms with E-state index in [0.717, 1.165) is 18.4 Å². The van der Waals surface area contributed by atoms with Gasteiger partial charge >= 0.3 is 0 Å². The van der Waals surface area contributed by atoms with E-state index in [-0.39, 0.29) is 24.0 Å². The van der Waals surface area contributed by atoms with Crippen molar-refractivity contribution in [2.75, 3.05) is 0 Å². The highest BCUT2D eigenvalue weighted by Gasteiger charge is 2.31. The number of hydrogen-bond donors (Lipinski definition) is 2. The normalized spacial score (nSPS) is 34.3. The molecule has 3 heteroatoms. The van der Waals surface area contributed by atoms with Crippen LogP contribution in [0, 0.1) is 11.8 Å². The summed E-state index contributed by atoms with van der Waals surface area (Å²) in [5.41, 5.74) is 1.44. The Morgan fingerprint density at radius 1 is 1.39 bits per heavy atom. The van der Waals surface area contributed by atoms with Crippen molar-refractivity contribution in [2.24, 2.45) is 11.8 Å². The van der Waals surface area contributed by atoms with Gasteiger partial charge in [-0.15, -0.1) is 0 Å². The zero-order valence-electron chi connectivity index (χ0n) is 11.5. The Balaban J connectivity index is 2.98. The number of aliphatic hydroxyl groups is 2. The predicted molar refractivity (Wildman–Crippen MR) is 72.1 cm³/mol. The second-order valence-electron chi connectivity index (χ2n) is 5.67. The SMILES string of the molecule is C=C1CC(=O)/C=C(\C)CC[C@@H](C(C)C)[C@@H](O)[C@H]1O. The molecule has 0 heterocycles. The van der Waals surface area contributed by atoms with E-state index < -0.39 is 12.2 Å². The average molecular weight is 252 g/mol. The summed E-state index contributed by atoms with van der Waals surface area (Å²) in [5.74, 6) is 0.255. The van der Waals surface area contributed by atoms with E-state index >= 15 is 0 Å². The Kier molecular flexibility index (Phi) is 5.29. The van der Waals surface area contributed by atoms with Crippen molar-refractivity contribution in [3.63, 3.8) is 0 Å². The third-order valence-corrected chi connectivity index (χ3v) is 3.72. The van der Waals surface area contributed by atoms with Gasteiger partial charge in [-0.1, -0.05) is 26.0 Å². The molecule has 0 saturated heterocycles. The van der Waals surface area contributed by atoms with Gasteiger partial charge in [-0.05, 0) is 43.3 Å². The second kappa shape index (κ2) is 6.30. The Labute approximate surface area is 109 Å². The van der Waals surface area contributed by atoms with Crippen molar-refractivity contribution in [2.45, 2.75) is 52.2 Å². The van der Waals surface area contributed by atoms with E-state index in [9.17, 15) is 15.0 Å². The highest BCUT2D eigenvalue weighted by Crippen LogP contribution is 2.28. The number of hydrogen-bond acceptors (Lipinski definition) is 3. The van der Waals surface area contributed by atoms with Crippen LogP contribution in [0.5, 0.6) is 0 Å². The van der Waals surface area contributed by atoms with Gasteiger partial charge in [0.25, 0.3) is 0 Å². The van der Waals surface area contributed by atoms with E-state index in [1.807, 2.05) is 20.8 Å².